The Balaban J connectivity index is 2.48. The normalized spacial score (nSPS) is 11.2. The molecule has 0 unspecified atom stereocenters. The minimum Gasteiger partial charge on any atom is -0.0621 e. The highest BCUT2D eigenvalue weighted by molar-refractivity contribution is 6.87. The van der Waals surface area contributed by atoms with E-state index in [1.165, 1.54) is 10.4 Å². The van der Waals surface area contributed by atoms with Crippen LogP contribution in [0.2, 0.25) is 5.04 Å². The van der Waals surface area contributed by atoms with Crippen molar-refractivity contribution in [2.24, 2.45) is 0 Å². The van der Waals surface area contributed by atoms with Crippen molar-refractivity contribution in [1.82, 2.24) is 0 Å². The largest absolute Gasteiger partial charge is 0.396 e. The van der Waals surface area contributed by atoms with E-state index in [1.807, 2.05) is 0 Å². The van der Waals surface area contributed by atoms with Gasteiger partial charge in [0.05, 0.1) is 5.04 Å². The molecule has 0 spiro atoms. The quantitative estimate of drug-likeness (QED) is 0.707. The van der Waals surface area contributed by atoms with Gasteiger partial charge in [-0.05, 0) is 45.0 Å². The van der Waals surface area contributed by atoms with Crippen LogP contribution < -0.4 is 10.4 Å². The van der Waals surface area contributed by atoms with Crippen LogP contribution in [0.25, 0.3) is 0 Å². The first-order chi connectivity index (χ1) is 8.09. The van der Waals surface area contributed by atoms with E-state index >= 15 is 0 Å². The summed E-state index contributed by atoms with van der Waals surface area (Å²) < 4.78 is 0. The topological polar surface area (TPSA) is 0 Å². The third kappa shape index (κ3) is 2.86. The van der Waals surface area contributed by atoms with Gasteiger partial charge in [-0.2, -0.15) is 0 Å². The smallest absolute Gasteiger partial charge is 0.0621 e. The maximum absolute atomic E-state index is 2.35. The summed E-state index contributed by atoms with van der Waals surface area (Å²) in [5.41, 5.74) is 0. The van der Waals surface area contributed by atoms with Gasteiger partial charge in [-0.15, -0.1) is 0 Å². The highest BCUT2D eigenvalue weighted by atomic mass is 28.3. The van der Waals surface area contributed by atoms with Gasteiger partial charge in [-0.25, -0.2) is 0 Å². The summed E-state index contributed by atoms with van der Waals surface area (Å²) >= 11 is 0. The molecule has 2 aromatic rings. The zero-order valence-corrected chi connectivity index (χ0v) is 11.8. The Kier molecular flexibility index (Phi) is 3.48. The number of rotatable bonds is 2. The molecule has 0 aliphatic heterocycles. The van der Waals surface area contributed by atoms with Gasteiger partial charge in [0.1, 0.15) is 10.4 Å². The highest BCUT2D eigenvalue weighted by Crippen LogP contribution is 2.26. The summed E-state index contributed by atoms with van der Waals surface area (Å²) in [4.78, 5) is 0. The molecule has 0 aliphatic carbocycles. The van der Waals surface area contributed by atoms with Gasteiger partial charge in [0.25, 0.3) is 0 Å². The molecular formula is C16H19Si+. The van der Waals surface area contributed by atoms with E-state index in [-0.39, 0.29) is 0 Å². The molecule has 0 N–H and O–H groups in total. The van der Waals surface area contributed by atoms with E-state index in [0.29, 0.717) is 5.04 Å². The van der Waals surface area contributed by atoms with Crippen LogP contribution in [0.3, 0.4) is 0 Å². The van der Waals surface area contributed by atoms with E-state index in [0.717, 1.165) is 0 Å². The molecule has 0 fully saturated rings. The van der Waals surface area contributed by atoms with Crippen LogP contribution >= 0.6 is 0 Å². The molecule has 0 amide bonds. The van der Waals surface area contributed by atoms with Crippen LogP contribution in [0.15, 0.2) is 60.7 Å². The lowest BCUT2D eigenvalue weighted by molar-refractivity contribution is 0.750. The first-order valence-corrected chi connectivity index (χ1v) is 7.57. The molecular weight excluding hydrogens is 220 g/mol. The second kappa shape index (κ2) is 4.88. The van der Waals surface area contributed by atoms with Crippen molar-refractivity contribution in [3.8, 4) is 0 Å². The molecule has 0 aromatic heterocycles. The third-order valence-corrected chi connectivity index (χ3v) is 6.20. The predicted octanol–water partition coefficient (Wildman–Crippen LogP) is 3.10. The number of hydrogen-bond donors (Lipinski definition) is 0. The van der Waals surface area contributed by atoms with Crippen LogP contribution in [-0.4, -0.2) is 8.80 Å². The molecule has 0 radical (unpaired) electrons. The van der Waals surface area contributed by atoms with Gasteiger partial charge in [0, 0.05) is 0 Å². The van der Waals surface area contributed by atoms with E-state index in [9.17, 15) is 0 Å². The summed E-state index contributed by atoms with van der Waals surface area (Å²) in [6, 6.07) is 21.9. The molecule has 17 heavy (non-hydrogen) atoms. The van der Waals surface area contributed by atoms with Gasteiger partial charge in [-0.1, -0.05) is 36.4 Å². The lowest BCUT2D eigenvalue weighted by Crippen LogP contribution is -2.48. The highest BCUT2D eigenvalue weighted by Gasteiger charge is 2.45. The second-order valence-electron chi connectivity index (χ2n) is 5.36. The Morgan fingerprint density at radius 3 is 1.29 bits per heavy atom. The summed E-state index contributed by atoms with van der Waals surface area (Å²) in [6.07, 6.45) is 0. The van der Waals surface area contributed by atoms with E-state index in [2.05, 4.69) is 81.4 Å². The van der Waals surface area contributed by atoms with Crippen molar-refractivity contribution >= 4 is 19.2 Å². The van der Waals surface area contributed by atoms with E-state index in [1.54, 1.807) is 0 Å². The fourth-order valence-electron chi connectivity index (χ4n) is 2.24. The Morgan fingerprint density at radius 2 is 1.00 bits per heavy atom. The molecule has 86 valence electrons. The van der Waals surface area contributed by atoms with Gasteiger partial charge in [-0.3, -0.25) is 0 Å². The first kappa shape index (κ1) is 12.1. The maximum Gasteiger partial charge on any atom is 0.396 e. The molecule has 0 saturated heterocycles. The molecule has 0 heterocycles. The average molecular weight is 239 g/mol. The third-order valence-electron chi connectivity index (χ3n) is 2.87. The minimum atomic E-state index is -0.715. The van der Waals surface area contributed by atoms with Gasteiger partial charge in [0.15, 0.2) is 0 Å². The van der Waals surface area contributed by atoms with Crippen LogP contribution in [-0.2, 0) is 0 Å². The maximum atomic E-state index is 2.35. The molecule has 0 atom stereocenters. The Hall–Kier alpha value is -1.34. The van der Waals surface area contributed by atoms with Crippen LogP contribution in [0, 0.1) is 0 Å². The first-order valence-electron chi connectivity index (χ1n) is 6.07. The van der Waals surface area contributed by atoms with Crippen molar-refractivity contribution in [3.63, 3.8) is 0 Å². The Bertz CT molecular complexity index is 414. The predicted molar refractivity (Wildman–Crippen MR) is 77.6 cm³/mol. The fraction of sp³-hybridized carbons (Fsp3) is 0.250. The van der Waals surface area contributed by atoms with Crippen molar-refractivity contribution in [1.29, 1.82) is 0 Å². The molecule has 0 aliphatic rings. The van der Waals surface area contributed by atoms with Crippen LogP contribution in [0.4, 0.5) is 0 Å². The summed E-state index contributed by atoms with van der Waals surface area (Å²) in [5.74, 6) is 0. The molecule has 2 aromatic carbocycles. The zero-order valence-electron chi connectivity index (χ0n) is 10.8. The summed E-state index contributed by atoms with van der Waals surface area (Å²) in [6.45, 7) is 7.05. The van der Waals surface area contributed by atoms with E-state index in [4.69, 9.17) is 0 Å². The summed E-state index contributed by atoms with van der Waals surface area (Å²) in [7, 11) is -0.715. The lowest BCUT2D eigenvalue weighted by Gasteiger charge is -2.16. The Labute approximate surface area is 106 Å². The molecule has 0 saturated carbocycles. The number of hydrogen-bond acceptors (Lipinski definition) is 0. The minimum absolute atomic E-state index is 0.327. The standard InChI is InChI=1S/C16H19Si/c1-16(2,3)17(14-10-6-4-7-11-14)15-12-8-5-9-13-15/h4-13H,1-3H3/q+1. The van der Waals surface area contributed by atoms with Crippen molar-refractivity contribution in [2.45, 2.75) is 25.8 Å². The van der Waals surface area contributed by atoms with E-state index < -0.39 is 8.80 Å². The molecule has 0 bridgehead atoms. The zero-order chi connectivity index (χ0) is 12.3. The lowest BCUT2D eigenvalue weighted by atomic mass is 10.2. The van der Waals surface area contributed by atoms with Gasteiger partial charge in [0.2, 0.25) is 0 Å². The Morgan fingerprint density at radius 1 is 0.647 bits per heavy atom. The van der Waals surface area contributed by atoms with Crippen LogP contribution in [0.1, 0.15) is 20.8 Å². The summed E-state index contributed by atoms with van der Waals surface area (Å²) in [5, 5.41) is 3.32. The molecule has 2 rings (SSSR count). The molecule has 0 nitrogen and oxygen atoms in total. The van der Waals surface area contributed by atoms with Gasteiger partial charge < -0.3 is 0 Å². The average Bonchev–Trinajstić information content (AvgIpc) is 2.30. The SMILES string of the molecule is CC(C)(C)[Si+](c1ccccc1)c1ccccc1. The van der Waals surface area contributed by atoms with Gasteiger partial charge >= 0.3 is 8.80 Å². The van der Waals surface area contributed by atoms with Crippen molar-refractivity contribution in [2.75, 3.05) is 0 Å². The van der Waals surface area contributed by atoms with Crippen molar-refractivity contribution in [3.05, 3.63) is 60.7 Å². The monoisotopic (exact) mass is 239 g/mol. The van der Waals surface area contributed by atoms with Crippen molar-refractivity contribution < 1.29 is 0 Å². The number of benzene rings is 2. The molecule has 1 heteroatoms. The fourth-order valence-corrected chi connectivity index (χ4v) is 5.36. The van der Waals surface area contributed by atoms with Crippen LogP contribution in [0.5, 0.6) is 0 Å². The second-order valence-corrected chi connectivity index (χ2v) is 8.76.